The molecule has 240 valence electrons. The highest BCUT2D eigenvalue weighted by molar-refractivity contribution is 6.39. The zero-order chi connectivity index (χ0) is 33.8. The molecule has 7 rings (SSSR count). The van der Waals surface area contributed by atoms with E-state index in [1.54, 1.807) is 48.5 Å². The minimum absolute atomic E-state index is 0.0642. The maximum absolute atomic E-state index is 11.6. The predicted molar refractivity (Wildman–Crippen MR) is 190 cm³/mol. The summed E-state index contributed by atoms with van der Waals surface area (Å²) in [6.07, 6.45) is 1.74. The van der Waals surface area contributed by atoms with Crippen LogP contribution in [0.25, 0.3) is 28.1 Å². The number of phenols is 1. The van der Waals surface area contributed by atoms with E-state index >= 15 is 0 Å². The Labute approximate surface area is 287 Å². The number of aromatic carboxylic acids is 1. The Morgan fingerprint density at radius 2 is 1.42 bits per heavy atom. The molecule has 4 N–H and O–H groups in total. The first-order valence-corrected chi connectivity index (χ1v) is 15.9. The SMILES string of the molecule is O=C(O)Cc1ccccc1Nc1c(Cl)cccc1Cl.O=C(O)c1cc(-n2c(-c3ccccc3)cc3c2CCc2ccccc2-3)ccc1O. The zero-order valence-electron chi connectivity index (χ0n) is 25.5. The third kappa shape index (κ3) is 6.79. The van der Waals surface area contributed by atoms with Crippen molar-refractivity contribution in [1.82, 2.24) is 4.57 Å². The highest BCUT2D eigenvalue weighted by Gasteiger charge is 2.24. The lowest BCUT2D eigenvalue weighted by Gasteiger charge is -2.20. The second-order valence-electron chi connectivity index (χ2n) is 11.2. The number of carboxylic acid groups (broad SMARTS) is 2. The number of carboxylic acids is 2. The van der Waals surface area contributed by atoms with Crippen LogP contribution in [0.3, 0.4) is 0 Å². The number of hydrogen-bond donors (Lipinski definition) is 4. The van der Waals surface area contributed by atoms with Gasteiger partial charge >= 0.3 is 11.9 Å². The lowest BCUT2D eigenvalue weighted by molar-refractivity contribution is -0.136. The maximum atomic E-state index is 11.6. The Bertz CT molecular complexity index is 2120. The van der Waals surface area contributed by atoms with Gasteiger partial charge < -0.3 is 25.2 Å². The summed E-state index contributed by atoms with van der Waals surface area (Å²) < 4.78 is 2.13. The van der Waals surface area contributed by atoms with Gasteiger partial charge in [-0.1, -0.05) is 102 Å². The number of halogens is 2. The van der Waals surface area contributed by atoms with Crippen molar-refractivity contribution in [3.8, 4) is 33.8 Å². The molecule has 0 amide bonds. The Hall–Kier alpha value is -5.50. The molecule has 0 atom stereocenters. The van der Waals surface area contributed by atoms with Crippen molar-refractivity contribution in [2.45, 2.75) is 19.3 Å². The van der Waals surface area contributed by atoms with Gasteiger partial charge in [-0.15, -0.1) is 0 Å². The minimum Gasteiger partial charge on any atom is -0.507 e. The summed E-state index contributed by atoms with van der Waals surface area (Å²) >= 11 is 12.1. The number of aromatic nitrogens is 1. The fourth-order valence-electron chi connectivity index (χ4n) is 5.95. The third-order valence-corrected chi connectivity index (χ3v) is 8.79. The van der Waals surface area contributed by atoms with E-state index in [4.69, 9.17) is 28.3 Å². The number of aliphatic carboxylic acids is 1. The largest absolute Gasteiger partial charge is 0.507 e. The van der Waals surface area contributed by atoms with Crippen LogP contribution >= 0.6 is 23.2 Å². The summed E-state index contributed by atoms with van der Waals surface area (Å²) in [6.45, 7) is 0. The molecule has 0 bridgehead atoms. The van der Waals surface area contributed by atoms with Gasteiger partial charge in [0.15, 0.2) is 0 Å². The molecule has 1 aromatic heterocycles. The van der Waals surface area contributed by atoms with Crippen LogP contribution in [-0.2, 0) is 24.1 Å². The smallest absolute Gasteiger partial charge is 0.339 e. The molecule has 0 saturated heterocycles. The quantitative estimate of drug-likeness (QED) is 0.134. The number of carbonyl (C=O) groups is 2. The standard InChI is InChI=1S/C25H19NO3.C14H11Cl2NO2/c27-24-13-11-18(14-21(24)25(28)29)26-22-12-10-16-6-4-5-9-19(16)20(22)15-23(26)17-7-2-1-3-8-17;15-10-5-3-6-11(16)14(10)17-12-7-2-1-4-9(12)8-13(18)19/h1-9,11,13-15,27H,10,12H2,(H,28,29);1-7,17H,8H2,(H,18,19). The number of nitrogens with zero attached hydrogens (tertiary/aromatic N) is 1. The number of fused-ring (bicyclic) bond motifs is 3. The number of aryl methyl sites for hydroxylation is 1. The van der Waals surface area contributed by atoms with E-state index in [9.17, 15) is 19.8 Å². The number of aromatic hydroxyl groups is 1. The average Bonchev–Trinajstić information content (AvgIpc) is 3.48. The van der Waals surface area contributed by atoms with Gasteiger partial charge in [0.1, 0.15) is 11.3 Å². The molecule has 0 spiro atoms. The summed E-state index contributed by atoms with van der Waals surface area (Å²) in [6, 6.07) is 37.8. The predicted octanol–water partition coefficient (Wildman–Crippen LogP) is 9.68. The van der Waals surface area contributed by atoms with E-state index in [1.807, 2.05) is 24.3 Å². The molecule has 9 heteroatoms. The first-order chi connectivity index (χ1) is 23.2. The lowest BCUT2D eigenvalue weighted by atomic mass is 9.90. The molecule has 0 radical (unpaired) electrons. The van der Waals surface area contributed by atoms with Crippen LogP contribution in [0.2, 0.25) is 10.0 Å². The second-order valence-corrected chi connectivity index (χ2v) is 12.0. The Morgan fingerprint density at radius 1 is 0.729 bits per heavy atom. The highest BCUT2D eigenvalue weighted by Crippen LogP contribution is 2.41. The van der Waals surface area contributed by atoms with Crippen LogP contribution in [0, 0.1) is 0 Å². The summed E-state index contributed by atoms with van der Waals surface area (Å²) in [5.74, 6) is -2.26. The fraction of sp³-hybridized carbons (Fsp3) is 0.0769. The molecule has 0 saturated carbocycles. The molecular weight excluding hydrogens is 647 g/mol. The monoisotopic (exact) mass is 676 g/mol. The van der Waals surface area contributed by atoms with Crippen LogP contribution < -0.4 is 5.32 Å². The van der Waals surface area contributed by atoms with E-state index in [2.05, 4.69) is 52.3 Å². The van der Waals surface area contributed by atoms with Crippen molar-refractivity contribution < 1.29 is 24.9 Å². The summed E-state index contributed by atoms with van der Waals surface area (Å²) in [5, 5.41) is 32.4. The van der Waals surface area contributed by atoms with Gasteiger partial charge in [-0.2, -0.15) is 0 Å². The Balaban J connectivity index is 0.000000184. The minimum atomic E-state index is -1.14. The molecule has 5 aromatic carbocycles. The number of nitrogens with one attached hydrogen (secondary N) is 1. The van der Waals surface area contributed by atoms with E-state index in [0.29, 0.717) is 27.0 Å². The Kier molecular flexibility index (Phi) is 9.52. The molecule has 0 fully saturated rings. The summed E-state index contributed by atoms with van der Waals surface area (Å²) in [5.41, 5.74) is 9.52. The fourth-order valence-corrected chi connectivity index (χ4v) is 6.44. The third-order valence-electron chi connectivity index (χ3n) is 8.16. The molecule has 48 heavy (non-hydrogen) atoms. The number of hydrogen-bond acceptors (Lipinski definition) is 4. The van der Waals surface area contributed by atoms with Crippen molar-refractivity contribution in [2.75, 3.05) is 5.32 Å². The van der Waals surface area contributed by atoms with Crippen LogP contribution in [0.4, 0.5) is 11.4 Å². The van der Waals surface area contributed by atoms with Crippen molar-refractivity contribution in [2.24, 2.45) is 0 Å². The first kappa shape index (κ1) is 32.4. The van der Waals surface area contributed by atoms with Crippen molar-refractivity contribution in [3.63, 3.8) is 0 Å². The van der Waals surface area contributed by atoms with Crippen LogP contribution in [-0.4, -0.2) is 31.8 Å². The summed E-state index contributed by atoms with van der Waals surface area (Å²) in [7, 11) is 0. The number of benzene rings is 5. The van der Waals surface area contributed by atoms with E-state index in [-0.39, 0.29) is 17.7 Å². The Morgan fingerprint density at radius 3 is 2.15 bits per heavy atom. The zero-order valence-corrected chi connectivity index (χ0v) is 27.0. The highest BCUT2D eigenvalue weighted by atomic mass is 35.5. The van der Waals surface area contributed by atoms with Gasteiger partial charge in [0.25, 0.3) is 0 Å². The van der Waals surface area contributed by atoms with Gasteiger partial charge in [0.2, 0.25) is 0 Å². The molecule has 1 aliphatic carbocycles. The number of para-hydroxylation sites is 2. The van der Waals surface area contributed by atoms with Crippen LogP contribution in [0.15, 0.2) is 121 Å². The van der Waals surface area contributed by atoms with Crippen molar-refractivity contribution in [1.29, 1.82) is 0 Å². The molecular formula is C39H30Cl2N2O5. The van der Waals surface area contributed by atoms with Crippen LogP contribution in [0.1, 0.15) is 27.2 Å². The second kappa shape index (κ2) is 14.1. The van der Waals surface area contributed by atoms with Crippen molar-refractivity contribution >= 4 is 46.5 Å². The molecule has 7 nitrogen and oxygen atoms in total. The molecule has 0 aliphatic heterocycles. The van der Waals surface area contributed by atoms with E-state index in [0.717, 1.165) is 35.5 Å². The normalized spacial score (nSPS) is 11.5. The van der Waals surface area contributed by atoms with Crippen molar-refractivity contribution in [3.05, 3.63) is 154 Å². The van der Waals surface area contributed by atoms with E-state index < -0.39 is 11.9 Å². The lowest BCUT2D eigenvalue weighted by Crippen LogP contribution is -2.09. The van der Waals surface area contributed by atoms with Gasteiger partial charge in [0, 0.05) is 22.6 Å². The van der Waals surface area contributed by atoms with Gasteiger partial charge in [0.05, 0.1) is 27.8 Å². The van der Waals surface area contributed by atoms with Gasteiger partial charge in [-0.3, -0.25) is 4.79 Å². The molecule has 1 heterocycles. The van der Waals surface area contributed by atoms with E-state index in [1.165, 1.54) is 22.8 Å². The first-order valence-electron chi connectivity index (χ1n) is 15.2. The molecule has 1 aliphatic rings. The molecule has 6 aromatic rings. The number of anilines is 2. The average molecular weight is 678 g/mol. The van der Waals surface area contributed by atoms with Crippen LogP contribution in [0.5, 0.6) is 5.75 Å². The maximum Gasteiger partial charge on any atom is 0.339 e. The topological polar surface area (TPSA) is 112 Å². The molecule has 0 unspecified atom stereocenters. The number of rotatable bonds is 7. The van der Waals surface area contributed by atoms with Gasteiger partial charge in [-0.25, -0.2) is 4.79 Å². The summed E-state index contributed by atoms with van der Waals surface area (Å²) in [4.78, 5) is 22.4. The van der Waals surface area contributed by atoms with Gasteiger partial charge in [-0.05, 0) is 77.6 Å².